The second kappa shape index (κ2) is 8.45. The molecule has 2 aromatic heterocycles. The van der Waals surface area contributed by atoms with E-state index in [0.29, 0.717) is 30.5 Å². The first kappa shape index (κ1) is 20.4. The lowest BCUT2D eigenvalue weighted by atomic mass is 10.2. The van der Waals surface area contributed by atoms with Crippen molar-refractivity contribution in [2.75, 3.05) is 42.8 Å². The first-order chi connectivity index (χ1) is 14.9. The van der Waals surface area contributed by atoms with E-state index in [1.54, 1.807) is 13.1 Å². The molecule has 0 radical (unpaired) electrons. The van der Waals surface area contributed by atoms with Crippen LogP contribution in [0.25, 0.3) is 5.65 Å². The topological polar surface area (TPSA) is 114 Å². The van der Waals surface area contributed by atoms with Gasteiger partial charge in [-0.25, -0.2) is 22.9 Å². The molecule has 0 fully saturated rings. The fourth-order valence-electron chi connectivity index (χ4n) is 2.98. The Morgan fingerprint density at radius 3 is 2.81 bits per heavy atom. The van der Waals surface area contributed by atoms with Crippen LogP contribution < -0.4 is 30.7 Å². The quantitative estimate of drug-likeness (QED) is 0.469. The van der Waals surface area contributed by atoms with E-state index >= 15 is 0 Å². The molecule has 1 aliphatic rings. The van der Waals surface area contributed by atoms with Gasteiger partial charge in [0.05, 0.1) is 18.4 Å². The third kappa shape index (κ3) is 4.34. The van der Waals surface area contributed by atoms with Crippen LogP contribution in [-0.4, -0.2) is 53.9 Å². The minimum Gasteiger partial charge on any atom is -0.486 e. The highest BCUT2D eigenvalue weighted by atomic mass is 19.3. The van der Waals surface area contributed by atoms with Gasteiger partial charge in [0.1, 0.15) is 36.4 Å². The summed E-state index contributed by atoms with van der Waals surface area (Å²) in [6.07, 6.45) is -1.35. The molecular weight excluding hydrogens is 419 g/mol. The van der Waals surface area contributed by atoms with Crippen LogP contribution in [0.15, 0.2) is 24.4 Å². The van der Waals surface area contributed by atoms with Gasteiger partial charge >= 0.3 is 6.03 Å². The van der Waals surface area contributed by atoms with Gasteiger partial charge in [-0.1, -0.05) is 0 Å². The molecule has 10 nitrogen and oxygen atoms in total. The minimum absolute atomic E-state index is 0.188. The molecule has 0 aliphatic carbocycles. The molecule has 0 saturated heterocycles. The molecule has 3 aromatic rings. The van der Waals surface area contributed by atoms with Crippen molar-refractivity contribution < 1.29 is 27.4 Å². The van der Waals surface area contributed by atoms with Crippen LogP contribution in [0.3, 0.4) is 0 Å². The number of anilines is 4. The Hall–Kier alpha value is -3.90. The summed E-state index contributed by atoms with van der Waals surface area (Å²) < 4.78 is 51.0. The normalized spacial score (nSPS) is 12.7. The maximum Gasteiger partial charge on any atom is 0.319 e. The zero-order chi connectivity index (χ0) is 22.0. The van der Waals surface area contributed by atoms with Crippen LogP contribution in [0, 0.1) is 5.82 Å². The van der Waals surface area contributed by atoms with E-state index in [-0.39, 0.29) is 22.9 Å². The third-order valence-corrected chi connectivity index (χ3v) is 4.26. The maximum atomic E-state index is 14.0. The number of carbonyl (C=O) groups excluding carboxylic acids is 1. The molecule has 1 aromatic carbocycles. The number of rotatable bonds is 6. The van der Waals surface area contributed by atoms with Crippen LogP contribution in [0.1, 0.15) is 0 Å². The average Bonchev–Trinajstić information content (AvgIpc) is 3.14. The molecule has 2 amide bonds. The van der Waals surface area contributed by atoms with Crippen LogP contribution in [0.4, 0.5) is 41.0 Å². The fraction of sp³-hybridized carbons (Fsp3) is 0.278. The molecule has 4 N–H and O–H groups in total. The molecule has 3 heterocycles. The number of ether oxygens (including phenoxy) is 2. The molecule has 0 bridgehead atoms. The van der Waals surface area contributed by atoms with E-state index in [9.17, 15) is 18.0 Å². The van der Waals surface area contributed by atoms with Gasteiger partial charge in [0.15, 0.2) is 17.1 Å². The van der Waals surface area contributed by atoms with Gasteiger partial charge in [-0.05, 0) is 0 Å². The lowest BCUT2D eigenvalue weighted by molar-refractivity contribution is 0.148. The van der Waals surface area contributed by atoms with Crippen molar-refractivity contribution in [1.82, 2.24) is 19.9 Å². The molecule has 31 heavy (non-hydrogen) atoms. The molecule has 0 saturated carbocycles. The summed E-state index contributed by atoms with van der Waals surface area (Å²) in [4.78, 5) is 16.3. The number of hydrogen-bond acceptors (Lipinski definition) is 7. The summed E-state index contributed by atoms with van der Waals surface area (Å²) in [7, 11) is 1.66. The number of fused-ring (bicyclic) bond motifs is 2. The zero-order valence-electron chi connectivity index (χ0n) is 16.2. The van der Waals surface area contributed by atoms with E-state index in [1.807, 2.05) is 5.32 Å². The number of nitrogens with one attached hydrogen (secondary N) is 4. The van der Waals surface area contributed by atoms with Crippen LogP contribution in [0.2, 0.25) is 0 Å². The van der Waals surface area contributed by atoms with Gasteiger partial charge < -0.3 is 30.7 Å². The summed E-state index contributed by atoms with van der Waals surface area (Å²) in [5.74, 6) is 0.875. The van der Waals surface area contributed by atoms with Crippen molar-refractivity contribution in [3.63, 3.8) is 0 Å². The number of nitrogens with zero attached hydrogens (tertiary/aromatic N) is 3. The summed E-state index contributed by atoms with van der Waals surface area (Å²) in [6.45, 7) is -0.172. The number of benzene rings is 1. The van der Waals surface area contributed by atoms with E-state index in [0.717, 1.165) is 0 Å². The Morgan fingerprint density at radius 1 is 1.23 bits per heavy atom. The highest BCUT2D eigenvalue weighted by molar-refractivity contribution is 5.93. The molecule has 0 atom stereocenters. The number of hydrogen-bond donors (Lipinski definition) is 4. The predicted molar refractivity (Wildman–Crippen MR) is 106 cm³/mol. The first-order valence-electron chi connectivity index (χ1n) is 9.20. The Balaban J connectivity index is 1.66. The smallest absolute Gasteiger partial charge is 0.319 e. The van der Waals surface area contributed by atoms with Gasteiger partial charge in [0.25, 0.3) is 6.43 Å². The van der Waals surface area contributed by atoms with Crippen molar-refractivity contribution in [1.29, 1.82) is 0 Å². The number of amides is 2. The number of aromatic nitrogens is 3. The largest absolute Gasteiger partial charge is 0.486 e. The lowest BCUT2D eigenvalue weighted by Gasteiger charge is -2.21. The van der Waals surface area contributed by atoms with Crippen LogP contribution in [0.5, 0.6) is 11.5 Å². The molecule has 0 unspecified atom stereocenters. The van der Waals surface area contributed by atoms with Crippen molar-refractivity contribution >= 4 is 34.7 Å². The summed E-state index contributed by atoms with van der Waals surface area (Å²) in [6, 6.07) is 3.26. The van der Waals surface area contributed by atoms with Crippen molar-refractivity contribution in [2.45, 2.75) is 6.43 Å². The van der Waals surface area contributed by atoms with E-state index in [2.05, 4.69) is 26.0 Å². The Morgan fingerprint density at radius 2 is 2.03 bits per heavy atom. The highest BCUT2D eigenvalue weighted by Crippen LogP contribution is 2.40. The highest BCUT2D eigenvalue weighted by Gasteiger charge is 2.20. The zero-order valence-corrected chi connectivity index (χ0v) is 16.2. The molecule has 1 aliphatic heterocycles. The van der Waals surface area contributed by atoms with Crippen LogP contribution >= 0.6 is 0 Å². The van der Waals surface area contributed by atoms with Gasteiger partial charge in [-0.15, -0.1) is 0 Å². The number of alkyl halides is 2. The standard InChI is InChI=1S/C18H18F3N7O3/c1-22-15-6-14(25-10-4-9(19)5-12-16(10)31-3-2-30-12)27-17-11(7-24-28(15)17)26-18(29)23-8-13(20)21/h4-7,13,22H,2-3,8H2,1H3,(H,25,27)(H2,23,26,29). The molecule has 0 spiro atoms. The second-order valence-corrected chi connectivity index (χ2v) is 6.40. The van der Waals surface area contributed by atoms with Gasteiger partial charge in [0, 0.05) is 25.2 Å². The molecule has 164 valence electrons. The van der Waals surface area contributed by atoms with Crippen molar-refractivity contribution in [2.24, 2.45) is 0 Å². The molecule has 13 heteroatoms. The number of halogens is 3. The second-order valence-electron chi connectivity index (χ2n) is 6.40. The average molecular weight is 437 g/mol. The van der Waals surface area contributed by atoms with Gasteiger partial charge in [-0.3, -0.25) is 0 Å². The Labute approximate surface area is 173 Å². The fourth-order valence-corrected chi connectivity index (χ4v) is 2.98. The first-order valence-corrected chi connectivity index (χ1v) is 9.20. The summed E-state index contributed by atoms with van der Waals surface area (Å²) in [5.41, 5.74) is 0.717. The lowest BCUT2D eigenvalue weighted by Crippen LogP contribution is -2.32. The Kier molecular flexibility index (Phi) is 5.56. The molecular formula is C18H18F3N7O3. The van der Waals surface area contributed by atoms with Gasteiger partial charge in [-0.2, -0.15) is 9.61 Å². The van der Waals surface area contributed by atoms with E-state index < -0.39 is 24.8 Å². The van der Waals surface area contributed by atoms with Crippen LogP contribution in [-0.2, 0) is 0 Å². The third-order valence-electron chi connectivity index (χ3n) is 4.26. The molecule has 4 rings (SSSR count). The number of carbonyl (C=O) groups is 1. The summed E-state index contributed by atoms with van der Waals surface area (Å²) >= 11 is 0. The van der Waals surface area contributed by atoms with Crippen molar-refractivity contribution in [3.05, 3.63) is 30.2 Å². The minimum atomic E-state index is -2.68. The van der Waals surface area contributed by atoms with Crippen molar-refractivity contribution in [3.8, 4) is 11.5 Å². The van der Waals surface area contributed by atoms with Gasteiger partial charge in [0.2, 0.25) is 0 Å². The summed E-state index contributed by atoms with van der Waals surface area (Å²) in [5, 5.41) is 14.5. The SMILES string of the molecule is CNc1cc(Nc2cc(F)cc3c2OCCO3)nc2c(NC(=O)NCC(F)F)cnn12. The van der Waals surface area contributed by atoms with E-state index in [1.165, 1.54) is 22.8 Å². The number of urea groups is 1. The predicted octanol–water partition coefficient (Wildman–Crippen LogP) is 2.81. The monoisotopic (exact) mass is 437 g/mol. The maximum absolute atomic E-state index is 14.0. The van der Waals surface area contributed by atoms with E-state index in [4.69, 9.17) is 9.47 Å². The Bertz CT molecular complexity index is 1120.